The van der Waals surface area contributed by atoms with Crippen molar-refractivity contribution >= 4 is 33.7 Å². The molecule has 1 heterocycles. The maximum absolute atomic E-state index is 13.8. The molecule has 1 aliphatic heterocycles. The number of rotatable bonds is 7. The number of esters is 1. The van der Waals surface area contributed by atoms with Gasteiger partial charge in [0, 0.05) is 29.2 Å². The average molecular weight is 628 g/mol. The molecular formula is C34H47BrN2O4. The van der Waals surface area contributed by atoms with E-state index in [1.54, 1.807) is 0 Å². The van der Waals surface area contributed by atoms with Gasteiger partial charge in [-0.1, -0.05) is 67.0 Å². The lowest BCUT2D eigenvalue weighted by Crippen LogP contribution is -2.32. The summed E-state index contributed by atoms with van der Waals surface area (Å²) >= 11 is 3.36. The first-order valence-corrected chi connectivity index (χ1v) is 15.3. The van der Waals surface area contributed by atoms with Gasteiger partial charge in [0.15, 0.2) is 5.78 Å². The topological polar surface area (TPSA) is 79.2 Å². The van der Waals surface area contributed by atoms with E-state index in [1.165, 1.54) is 0 Å². The molecule has 6 nitrogen and oxygen atoms in total. The molecular weight excluding hydrogens is 580 g/mol. The van der Waals surface area contributed by atoms with Crippen LogP contribution in [0, 0.1) is 5.92 Å². The van der Waals surface area contributed by atoms with E-state index in [0.717, 1.165) is 35.4 Å². The minimum atomic E-state index is -0.560. The highest BCUT2D eigenvalue weighted by atomic mass is 79.9. The number of carbonyl (C=O) groups excluding carboxylic acids is 2. The van der Waals surface area contributed by atoms with Crippen LogP contribution in [0.4, 0.5) is 0 Å². The van der Waals surface area contributed by atoms with Crippen LogP contribution in [-0.4, -0.2) is 46.3 Å². The zero-order valence-corrected chi connectivity index (χ0v) is 28.0. The lowest BCUT2D eigenvalue weighted by molar-refractivity contribution is 0.00693. The number of hydrogen-bond acceptors (Lipinski definition) is 5. The fourth-order valence-corrected chi connectivity index (χ4v) is 6.00. The van der Waals surface area contributed by atoms with Crippen LogP contribution in [0.15, 0.2) is 40.4 Å². The molecule has 0 radical (unpaired) electrons. The molecule has 0 aromatic heterocycles. The lowest BCUT2D eigenvalue weighted by atomic mass is 9.78. The molecule has 1 fully saturated rings. The lowest BCUT2D eigenvalue weighted by Gasteiger charge is -2.28. The van der Waals surface area contributed by atoms with Crippen molar-refractivity contribution in [2.24, 2.45) is 9.94 Å². The zero-order valence-electron chi connectivity index (χ0n) is 26.4. The molecule has 41 heavy (non-hydrogen) atoms. The van der Waals surface area contributed by atoms with E-state index in [4.69, 9.17) is 4.74 Å². The Bertz CT molecular complexity index is 1260. The van der Waals surface area contributed by atoms with Gasteiger partial charge in [-0.05, 0) is 73.8 Å². The summed E-state index contributed by atoms with van der Waals surface area (Å²) in [6, 6.07) is 11.3. The summed E-state index contributed by atoms with van der Waals surface area (Å²) in [5.74, 6) is 0.985. The third-order valence-corrected chi connectivity index (χ3v) is 7.92. The van der Waals surface area contributed by atoms with Crippen LogP contribution in [0.5, 0.6) is 5.75 Å². The minimum absolute atomic E-state index is 0.00850. The summed E-state index contributed by atoms with van der Waals surface area (Å²) in [5, 5.41) is 11.1. The quantitative estimate of drug-likeness (QED) is 0.247. The molecule has 1 saturated heterocycles. The Morgan fingerprint density at radius 1 is 0.951 bits per heavy atom. The SMILES string of the molecule is CCC[C@H]1CN(CC(=O)c2cc(C(C)(C)C)c(O)c(C(C)(C)C)c2)/C(=N\Br)[C@@H]1c1ccc(C(=O)OC(C)(C)C)cc1. The highest BCUT2D eigenvalue weighted by Gasteiger charge is 2.40. The van der Waals surface area contributed by atoms with Crippen molar-refractivity contribution in [3.8, 4) is 5.75 Å². The number of benzene rings is 2. The normalized spacial score (nSPS) is 19.1. The summed E-state index contributed by atoms with van der Waals surface area (Å²) in [7, 11) is 0. The second-order valence-corrected chi connectivity index (χ2v) is 14.7. The van der Waals surface area contributed by atoms with Crippen LogP contribution in [0.25, 0.3) is 0 Å². The number of likely N-dealkylation sites (tertiary alicyclic amines) is 1. The van der Waals surface area contributed by atoms with Crippen molar-refractivity contribution in [1.82, 2.24) is 4.90 Å². The van der Waals surface area contributed by atoms with Crippen LogP contribution in [0.2, 0.25) is 0 Å². The first-order chi connectivity index (χ1) is 18.9. The molecule has 3 rings (SSSR count). The number of halogens is 1. The maximum Gasteiger partial charge on any atom is 0.338 e. The van der Waals surface area contributed by atoms with Gasteiger partial charge in [0.05, 0.1) is 28.3 Å². The number of phenolic OH excluding ortho intramolecular Hbond substituents is 1. The van der Waals surface area contributed by atoms with Gasteiger partial charge in [-0.3, -0.25) is 4.79 Å². The van der Waals surface area contributed by atoms with Crippen molar-refractivity contribution in [2.45, 2.75) is 104 Å². The Morgan fingerprint density at radius 3 is 1.93 bits per heavy atom. The molecule has 1 aliphatic rings. The van der Waals surface area contributed by atoms with Gasteiger partial charge in [0.1, 0.15) is 17.2 Å². The van der Waals surface area contributed by atoms with E-state index in [-0.39, 0.29) is 46.7 Å². The summed E-state index contributed by atoms with van der Waals surface area (Å²) < 4.78 is 10.0. The Hall–Kier alpha value is -2.67. The van der Waals surface area contributed by atoms with Gasteiger partial charge >= 0.3 is 5.97 Å². The third kappa shape index (κ3) is 7.79. The molecule has 224 valence electrons. The summed E-state index contributed by atoms with van der Waals surface area (Å²) in [4.78, 5) is 28.5. The summed E-state index contributed by atoms with van der Waals surface area (Å²) in [6.45, 7) is 20.9. The van der Waals surface area contributed by atoms with Crippen molar-refractivity contribution < 1.29 is 19.4 Å². The molecule has 7 heteroatoms. The van der Waals surface area contributed by atoms with Crippen molar-refractivity contribution in [3.05, 3.63) is 64.2 Å². The van der Waals surface area contributed by atoms with E-state index in [2.05, 4.69) is 32.0 Å². The van der Waals surface area contributed by atoms with Gasteiger partial charge in [-0.25, -0.2) is 4.79 Å². The molecule has 2 atom stereocenters. The van der Waals surface area contributed by atoms with E-state index in [1.807, 2.05) is 98.7 Å². The van der Waals surface area contributed by atoms with Gasteiger partial charge in [0.25, 0.3) is 0 Å². The van der Waals surface area contributed by atoms with Crippen molar-refractivity contribution in [1.29, 1.82) is 0 Å². The second kappa shape index (κ2) is 12.3. The highest BCUT2D eigenvalue weighted by Crippen LogP contribution is 2.41. The van der Waals surface area contributed by atoms with Gasteiger partial charge in [-0.2, -0.15) is 4.02 Å². The van der Waals surface area contributed by atoms with Crippen LogP contribution in [0.1, 0.15) is 125 Å². The average Bonchev–Trinajstić information content (AvgIpc) is 3.18. The first kappa shape index (κ1) is 32.8. The second-order valence-electron chi connectivity index (χ2n) is 14.3. The van der Waals surface area contributed by atoms with Crippen LogP contribution in [0.3, 0.4) is 0 Å². The monoisotopic (exact) mass is 626 g/mol. The predicted octanol–water partition coefficient (Wildman–Crippen LogP) is 8.35. The molecule has 0 unspecified atom stereocenters. The molecule has 0 amide bonds. The Morgan fingerprint density at radius 2 is 1.49 bits per heavy atom. The largest absolute Gasteiger partial charge is 0.507 e. The number of nitrogens with zero attached hydrogens (tertiary/aromatic N) is 2. The molecule has 2 aromatic rings. The number of ketones is 1. The van der Waals surface area contributed by atoms with Crippen molar-refractivity contribution in [2.75, 3.05) is 13.1 Å². The predicted molar refractivity (Wildman–Crippen MR) is 171 cm³/mol. The Kier molecular flexibility index (Phi) is 9.84. The van der Waals surface area contributed by atoms with Crippen LogP contribution in [-0.2, 0) is 15.6 Å². The zero-order chi connectivity index (χ0) is 30.9. The van der Waals surface area contributed by atoms with E-state index in [9.17, 15) is 14.7 Å². The molecule has 2 aromatic carbocycles. The van der Waals surface area contributed by atoms with Crippen molar-refractivity contribution in [3.63, 3.8) is 0 Å². The summed E-state index contributed by atoms with van der Waals surface area (Å²) in [5.41, 5.74) is 2.51. The maximum atomic E-state index is 13.8. The minimum Gasteiger partial charge on any atom is -0.507 e. The molecule has 1 N–H and O–H groups in total. The number of aromatic hydroxyl groups is 1. The van der Waals surface area contributed by atoms with Gasteiger partial charge in [-0.15, -0.1) is 0 Å². The van der Waals surface area contributed by atoms with E-state index in [0.29, 0.717) is 17.7 Å². The summed E-state index contributed by atoms with van der Waals surface area (Å²) in [6.07, 6.45) is 1.99. The number of phenols is 1. The fourth-order valence-electron chi connectivity index (χ4n) is 5.56. The van der Waals surface area contributed by atoms with Gasteiger partial charge in [0.2, 0.25) is 0 Å². The third-order valence-electron chi connectivity index (χ3n) is 7.56. The Balaban J connectivity index is 1.93. The number of ether oxygens (including phenoxy) is 1. The number of carbonyl (C=O) groups is 2. The Labute approximate surface area is 254 Å². The molecule has 0 saturated carbocycles. The number of amidine groups is 1. The van der Waals surface area contributed by atoms with Crippen LogP contribution >= 0.6 is 16.1 Å². The molecule has 0 bridgehead atoms. The smallest absolute Gasteiger partial charge is 0.338 e. The van der Waals surface area contributed by atoms with E-state index < -0.39 is 5.60 Å². The fraction of sp³-hybridized carbons (Fsp3) is 0.559. The van der Waals surface area contributed by atoms with Crippen LogP contribution < -0.4 is 0 Å². The molecule has 0 spiro atoms. The van der Waals surface area contributed by atoms with E-state index >= 15 is 0 Å². The number of Topliss-reactive ketones (excluding diaryl/α,β-unsaturated/α-hetero) is 1. The standard InChI is InChI=1S/C34H47BrN2O4/c1-11-12-23-19-37(20-27(38)24-17-25(32(2,3)4)29(39)26(18-24)33(5,6)7)30(36-35)28(23)21-13-15-22(16-14-21)31(40)41-34(8,9)10/h13-18,23,28,39H,11-12,19-20H2,1-10H3/b36-30-/t23-,28+/m0/s1. The van der Waals surface area contributed by atoms with Gasteiger partial charge < -0.3 is 14.7 Å². The number of hydrogen-bond donors (Lipinski definition) is 1. The molecule has 0 aliphatic carbocycles. The first-order valence-electron chi connectivity index (χ1n) is 14.6. The highest BCUT2D eigenvalue weighted by molar-refractivity contribution is 9.08.